The van der Waals surface area contributed by atoms with E-state index < -0.39 is 0 Å². The van der Waals surface area contributed by atoms with Crippen molar-refractivity contribution in [2.75, 3.05) is 0 Å². The van der Waals surface area contributed by atoms with Crippen LogP contribution in [0.3, 0.4) is 0 Å². The Kier molecular flexibility index (Phi) is 2.49. The Morgan fingerprint density at radius 1 is 1.46 bits per heavy atom. The smallest absolute Gasteiger partial charge is 0.133 e. The summed E-state index contributed by atoms with van der Waals surface area (Å²) in [6.45, 7) is 2.15. The molecule has 0 aromatic carbocycles. The Morgan fingerprint density at radius 2 is 2.23 bits per heavy atom. The second-order valence-corrected chi connectivity index (χ2v) is 3.95. The molecule has 1 aliphatic carbocycles. The summed E-state index contributed by atoms with van der Waals surface area (Å²) in [5.74, 6) is 1.55. The fraction of sp³-hybridized carbons (Fsp3) is 0.600. The van der Waals surface area contributed by atoms with Crippen molar-refractivity contribution in [1.82, 2.24) is 9.97 Å². The molecule has 1 saturated carbocycles. The standard InChI is InChI=1S/C10H13ClN2/c1-2-3-8-6-9(11)13-10(12-8)7-4-5-7/h6-7H,2-5H2,1H3. The maximum atomic E-state index is 5.91. The van der Waals surface area contributed by atoms with E-state index in [1.54, 1.807) is 0 Å². The third kappa shape index (κ3) is 2.19. The zero-order valence-corrected chi connectivity index (χ0v) is 8.51. The fourth-order valence-electron chi connectivity index (χ4n) is 1.39. The summed E-state index contributed by atoms with van der Waals surface area (Å²) in [6, 6.07) is 1.87. The first-order valence-corrected chi connectivity index (χ1v) is 5.20. The lowest BCUT2D eigenvalue weighted by Crippen LogP contribution is -1.98. The van der Waals surface area contributed by atoms with Crippen molar-refractivity contribution in [1.29, 1.82) is 0 Å². The van der Waals surface area contributed by atoms with Crippen LogP contribution in [0.5, 0.6) is 0 Å². The van der Waals surface area contributed by atoms with E-state index in [0.29, 0.717) is 11.1 Å². The Hall–Kier alpha value is -0.630. The van der Waals surface area contributed by atoms with Gasteiger partial charge in [-0.25, -0.2) is 9.97 Å². The molecular weight excluding hydrogens is 184 g/mol. The molecule has 0 amide bonds. The lowest BCUT2D eigenvalue weighted by atomic mass is 10.2. The predicted molar refractivity (Wildman–Crippen MR) is 53.0 cm³/mol. The topological polar surface area (TPSA) is 25.8 Å². The molecule has 0 atom stereocenters. The second kappa shape index (κ2) is 3.62. The summed E-state index contributed by atoms with van der Waals surface area (Å²) in [5, 5.41) is 0.598. The van der Waals surface area contributed by atoms with Gasteiger partial charge in [-0.1, -0.05) is 24.9 Å². The van der Waals surface area contributed by atoms with Gasteiger partial charge in [0.25, 0.3) is 0 Å². The maximum absolute atomic E-state index is 5.91. The zero-order valence-electron chi connectivity index (χ0n) is 7.76. The summed E-state index contributed by atoms with van der Waals surface area (Å²) < 4.78 is 0. The molecule has 1 heterocycles. The number of nitrogens with zero attached hydrogens (tertiary/aromatic N) is 2. The van der Waals surface area contributed by atoms with Crippen LogP contribution in [0.2, 0.25) is 5.15 Å². The molecule has 0 N–H and O–H groups in total. The molecule has 1 aliphatic rings. The van der Waals surface area contributed by atoms with Crippen LogP contribution in [0, 0.1) is 0 Å². The number of aromatic nitrogens is 2. The summed E-state index contributed by atoms with van der Waals surface area (Å²) >= 11 is 5.91. The van der Waals surface area contributed by atoms with Crippen LogP contribution >= 0.6 is 11.6 Å². The predicted octanol–water partition coefficient (Wildman–Crippen LogP) is 2.96. The molecule has 0 radical (unpaired) electrons. The van der Waals surface area contributed by atoms with Crippen LogP contribution in [0.4, 0.5) is 0 Å². The summed E-state index contributed by atoms with van der Waals surface area (Å²) in [4.78, 5) is 8.72. The van der Waals surface area contributed by atoms with Gasteiger partial charge in [0.15, 0.2) is 0 Å². The highest BCUT2D eigenvalue weighted by Crippen LogP contribution is 2.38. The summed E-state index contributed by atoms with van der Waals surface area (Å²) in [7, 11) is 0. The van der Waals surface area contributed by atoms with Gasteiger partial charge < -0.3 is 0 Å². The fourth-order valence-corrected chi connectivity index (χ4v) is 1.60. The van der Waals surface area contributed by atoms with Gasteiger partial charge in [-0.3, -0.25) is 0 Å². The van der Waals surface area contributed by atoms with Crippen LogP contribution in [0.15, 0.2) is 6.07 Å². The van der Waals surface area contributed by atoms with Crippen LogP contribution in [-0.4, -0.2) is 9.97 Å². The van der Waals surface area contributed by atoms with Gasteiger partial charge in [0.1, 0.15) is 11.0 Å². The number of rotatable bonds is 3. The van der Waals surface area contributed by atoms with Gasteiger partial charge >= 0.3 is 0 Å². The summed E-state index contributed by atoms with van der Waals surface area (Å²) in [6.07, 6.45) is 4.57. The van der Waals surface area contributed by atoms with Crippen molar-refractivity contribution in [3.8, 4) is 0 Å². The van der Waals surface area contributed by atoms with Gasteiger partial charge in [-0.15, -0.1) is 0 Å². The molecule has 1 aromatic rings. The first-order chi connectivity index (χ1) is 6.29. The lowest BCUT2D eigenvalue weighted by Gasteiger charge is -2.02. The Bertz CT molecular complexity index is 308. The van der Waals surface area contributed by atoms with E-state index in [2.05, 4.69) is 16.9 Å². The Labute approximate surface area is 83.4 Å². The van der Waals surface area contributed by atoms with E-state index in [1.807, 2.05) is 6.07 Å². The van der Waals surface area contributed by atoms with Crippen molar-refractivity contribution in [2.45, 2.75) is 38.5 Å². The van der Waals surface area contributed by atoms with Gasteiger partial charge in [0, 0.05) is 11.6 Å². The maximum Gasteiger partial charge on any atom is 0.133 e. The molecule has 1 aromatic heterocycles. The molecule has 0 aliphatic heterocycles. The third-order valence-corrected chi connectivity index (χ3v) is 2.41. The van der Waals surface area contributed by atoms with Gasteiger partial charge in [-0.2, -0.15) is 0 Å². The largest absolute Gasteiger partial charge is 0.238 e. The zero-order chi connectivity index (χ0) is 9.26. The lowest BCUT2D eigenvalue weighted by molar-refractivity contribution is 0.829. The number of halogens is 1. The van der Waals surface area contributed by atoms with Crippen molar-refractivity contribution >= 4 is 11.6 Å². The summed E-state index contributed by atoms with van der Waals surface area (Å²) in [5.41, 5.74) is 1.09. The van der Waals surface area contributed by atoms with Crippen LogP contribution < -0.4 is 0 Å². The molecule has 13 heavy (non-hydrogen) atoms. The van der Waals surface area contributed by atoms with Crippen molar-refractivity contribution in [2.24, 2.45) is 0 Å². The highest BCUT2D eigenvalue weighted by atomic mass is 35.5. The monoisotopic (exact) mass is 196 g/mol. The molecule has 2 nitrogen and oxygen atoms in total. The molecule has 0 unspecified atom stereocenters. The SMILES string of the molecule is CCCc1cc(Cl)nc(C2CC2)n1. The van der Waals surface area contributed by atoms with E-state index in [0.717, 1.165) is 24.4 Å². The van der Waals surface area contributed by atoms with Crippen molar-refractivity contribution in [3.05, 3.63) is 22.7 Å². The molecule has 0 bridgehead atoms. The van der Waals surface area contributed by atoms with Gasteiger partial charge in [-0.05, 0) is 25.3 Å². The minimum Gasteiger partial charge on any atom is -0.238 e. The number of hydrogen-bond donors (Lipinski definition) is 0. The first-order valence-electron chi connectivity index (χ1n) is 4.83. The van der Waals surface area contributed by atoms with Crippen molar-refractivity contribution in [3.63, 3.8) is 0 Å². The molecule has 0 spiro atoms. The average molecular weight is 197 g/mol. The van der Waals surface area contributed by atoms with Crippen LogP contribution in [0.25, 0.3) is 0 Å². The minimum absolute atomic E-state index is 0.592. The molecule has 3 heteroatoms. The van der Waals surface area contributed by atoms with E-state index in [4.69, 9.17) is 11.6 Å². The van der Waals surface area contributed by atoms with Gasteiger partial charge in [0.2, 0.25) is 0 Å². The van der Waals surface area contributed by atoms with Crippen LogP contribution in [-0.2, 0) is 6.42 Å². The van der Waals surface area contributed by atoms with E-state index >= 15 is 0 Å². The van der Waals surface area contributed by atoms with Crippen LogP contribution in [0.1, 0.15) is 43.6 Å². The second-order valence-electron chi connectivity index (χ2n) is 3.56. The highest BCUT2D eigenvalue weighted by molar-refractivity contribution is 6.29. The quantitative estimate of drug-likeness (QED) is 0.695. The van der Waals surface area contributed by atoms with E-state index in [-0.39, 0.29) is 0 Å². The Morgan fingerprint density at radius 3 is 2.85 bits per heavy atom. The van der Waals surface area contributed by atoms with Gasteiger partial charge in [0.05, 0.1) is 0 Å². The molecule has 70 valence electrons. The molecular formula is C10H13ClN2. The van der Waals surface area contributed by atoms with E-state index in [1.165, 1.54) is 12.8 Å². The Balaban J connectivity index is 2.25. The number of aryl methyl sites for hydroxylation is 1. The highest BCUT2D eigenvalue weighted by Gasteiger charge is 2.26. The normalized spacial score (nSPS) is 16.2. The molecule has 2 rings (SSSR count). The molecule has 0 saturated heterocycles. The third-order valence-electron chi connectivity index (χ3n) is 2.21. The first kappa shape index (κ1) is 8.95. The average Bonchev–Trinajstić information content (AvgIpc) is 2.85. The van der Waals surface area contributed by atoms with Crippen molar-refractivity contribution < 1.29 is 0 Å². The van der Waals surface area contributed by atoms with E-state index in [9.17, 15) is 0 Å². The number of hydrogen-bond acceptors (Lipinski definition) is 2. The minimum atomic E-state index is 0.592. The molecule has 1 fully saturated rings.